The molecular formula is C4H9O2Ti. The Balaban J connectivity index is 2.99. The summed E-state index contributed by atoms with van der Waals surface area (Å²) in [6, 6.07) is 0. The minimum atomic E-state index is -0.0139. The molecule has 0 radical (unpaired) electrons. The quantitative estimate of drug-likeness (QED) is 0.424. The molecule has 1 unspecified atom stereocenters. The van der Waals surface area contributed by atoms with Crippen molar-refractivity contribution in [3.63, 3.8) is 0 Å². The summed E-state index contributed by atoms with van der Waals surface area (Å²) in [5, 5.41) is 0. The van der Waals surface area contributed by atoms with Crippen LogP contribution < -0.4 is 0 Å². The van der Waals surface area contributed by atoms with Gasteiger partial charge in [0.25, 0.3) is 0 Å². The number of ether oxygens (including phenoxy) is 1. The van der Waals surface area contributed by atoms with E-state index in [0.29, 0.717) is 0 Å². The maximum atomic E-state index is 4.83. The van der Waals surface area contributed by atoms with Gasteiger partial charge in [-0.25, -0.2) is 0 Å². The standard InChI is InChI=1S/C4H9O2.Ti/c1-3-4(5)6-2;/h4H,3H2,1-2H3;/q-1;+1. The van der Waals surface area contributed by atoms with Crippen molar-refractivity contribution in [2.75, 3.05) is 7.11 Å². The Bertz CT molecular complexity index is 31.2. The molecule has 0 saturated carbocycles. The van der Waals surface area contributed by atoms with Crippen molar-refractivity contribution < 1.29 is 28.9 Å². The van der Waals surface area contributed by atoms with E-state index < -0.39 is 0 Å². The van der Waals surface area contributed by atoms with Gasteiger partial charge in [0.05, 0.1) is 0 Å². The SMILES string of the molecule is CCC(OC)[O][Ti]. The molecule has 0 saturated heterocycles. The van der Waals surface area contributed by atoms with E-state index >= 15 is 0 Å². The molecule has 0 aromatic carbocycles. The fraction of sp³-hybridized carbons (Fsp3) is 1.00. The molecule has 0 heterocycles. The Labute approximate surface area is 56.1 Å². The van der Waals surface area contributed by atoms with Crippen molar-refractivity contribution in [1.82, 2.24) is 0 Å². The Morgan fingerprint density at radius 2 is 2.29 bits per heavy atom. The van der Waals surface area contributed by atoms with E-state index in [9.17, 15) is 0 Å². The second kappa shape index (κ2) is 4.79. The van der Waals surface area contributed by atoms with E-state index in [-0.39, 0.29) is 6.29 Å². The predicted octanol–water partition coefficient (Wildman–Crippen LogP) is 0.847. The summed E-state index contributed by atoms with van der Waals surface area (Å²) in [6.45, 7) is 2.01. The van der Waals surface area contributed by atoms with Gasteiger partial charge >= 0.3 is 55.6 Å². The van der Waals surface area contributed by atoms with E-state index in [1.54, 1.807) is 27.9 Å². The summed E-state index contributed by atoms with van der Waals surface area (Å²) in [5.74, 6) is 0. The van der Waals surface area contributed by atoms with Crippen molar-refractivity contribution in [2.45, 2.75) is 19.6 Å². The van der Waals surface area contributed by atoms with Crippen LogP contribution in [-0.4, -0.2) is 13.4 Å². The molecule has 0 aromatic rings. The minimum absolute atomic E-state index is 0.0139. The zero-order valence-electron chi connectivity index (χ0n) is 4.60. The molecule has 41 valence electrons. The Kier molecular flexibility index (Phi) is 5.22. The van der Waals surface area contributed by atoms with E-state index in [0.717, 1.165) is 6.42 Å². The van der Waals surface area contributed by atoms with Gasteiger partial charge < -0.3 is 0 Å². The van der Waals surface area contributed by atoms with E-state index in [1.807, 2.05) is 6.92 Å². The first-order chi connectivity index (χ1) is 3.35. The van der Waals surface area contributed by atoms with Crippen molar-refractivity contribution in [1.29, 1.82) is 0 Å². The van der Waals surface area contributed by atoms with Crippen LogP contribution in [0, 0.1) is 0 Å². The van der Waals surface area contributed by atoms with Crippen LogP contribution in [0.2, 0.25) is 0 Å². The second-order valence-corrected chi connectivity index (χ2v) is 1.56. The van der Waals surface area contributed by atoms with Gasteiger partial charge in [0.1, 0.15) is 0 Å². The Morgan fingerprint density at radius 3 is 2.29 bits per heavy atom. The van der Waals surface area contributed by atoms with Crippen LogP contribution in [-0.2, 0) is 28.9 Å². The molecule has 0 spiro atoms. The number of rotatable bonds is 3. The van der Waals surface area contributed by atoms with E-state index in [2.05, 4.69) is 0 Å². The van der Waals surface area contributed by atoms with Crippen LogP contribution in [0.1, 0.15) is 13.3 Å². The molecule has 0 aliphatic carbocycles. The Hall–Kier alpha value is 0.634. The summed E-state index contributed by atoms with van der Waals surface area (Å²) in [7, 11) is 1.64. The van der Waals surface area contributed by atoms with Gasteiger partial charge in [-0.1, -0.05) is 0 Å². The molecule has 2 nitrogen and oxygen atoms in total. The summed E-state index contributed by atoms with van der Waals surface area (Å²) in [4.78, 5) is 0. The molecule has 0 aliphatic rings. The van der Waals surface area contributed by atoms with Crippen LogP contribution in [0.25, 0.3) is 0 Å². The first-order valence-electron chi connectivity index (χ1n) is 2.20. The topological polar surface area (TPSA) is 18.5 Å². The van der Waals surface area contributed by atoms with Gasteiger partial charge in [-0.3, -0.25) is 0 Å². The molecular weight excluding hydrogens is 128 g/mol. The van der Waals surface area contributed by atoms with Gasteiger partial charge in [0, 0.05) is 0 Å². The molecule has 0 aromatic heterocycles. The van der Waals surface area contributed by atoms with Crippen molar-refractivity contribution >= 4 is 0 Å². The normalized spacial score (nSPS) is 13.9. The second-order valence-electron chi connectivity index (χ2n) is 1.19. The molecule has 0 aliphatic heterocycles. The van der Waals surface area contributed by atoms with Crippen LogP contribution >= 0.6 is 0 Å². The maximum absolute atomic E-state index is 4.83. The fourth-order valence-electron chi connectivity index (χ4n) is 0.298. The molecule has 0 amide bonds. The van der Waals surface area contributed by atoms with Gasteiger partial charge in [0.15, 0.2) is 0 Å². The first-order valence-corrected chi connectivity index (χ1v) is 2.84. The summed E-state index contributed by atoms with van der Waals surface area (Å²) in [6.07, 6.45) is 0.896. The molecule has 0 N–H and O–H groups in total. The van der Waals surface area contributed by atoms with Gasteiger partial charge in [0.2, 0.25) is 0 Å². The van der Waals surface area contributed by atoms with Gasteiger partial charge in [-0.05, 0) is 0 Å². The van der Waals surface area contributed by atoms with Crippen LogP contribution in [0.3, 0.4) is 0 Å². The average molecular weight is 137 g/mol. The molecule has 7 heavy (non-hydrogen) atoms. The van der Waals surface area contributed by atoms with E-state index in [4.69, 9.17) is 8.06 Å². The zero-order valence-corrected chi connectivity index (χ0v) is 6.16. The molecule has 1 atom stereocenters. The van der Waals surface area contributed by atoms with Crippen LogP contribution in [0.4, 0.5) is 0 Å². The van der Waals surface area contributed by atoms with Crippen molar-refractivity contribution in [3.05, 3.63) is 0 Å². The third kappa shape index (κ3) is 3.24. The van der Waals surface area contributed by atoms with Gasteiger partial charge in [-0.15, -0.1) is 0 Å². The van der Waals surface area contributed by atoms with E-state index in [1.165, 1.54) is 0 Å². The summed E-state index contributed by atoms with van der Waals surface area (Å²) < 4.78 is 9.65. The number of methoxy groups -OCH3 is 1. The van der Waals surface area contributed by atoms with Gasteiger partial charge in [-0.2, -0.15) is 0 Å². The monoisotopic (exact) mass is 137 g/mol. The molecule has 0 rings (SSSR count). The average Bonchev–Trinajstić information content (AvgIpc) is 1.72. The number of hydrogen-bond donors (Lipinski definition) is 0. The first kappa shape index (κ1) is 7.63. The number of hydrogen-bond acceptors (Lipinski definition) is 2. The van der Waals surface area contributed by atoms with Crippen molar-refractivity contribution in [2.24, 2.45) is 0 Å². The summed E-state index contributed by atoms with van der Waals surface area (Å²) in [5.41, 5.74) is 0. The van der Waals surface area contributed by atoms with Crippen LogP contribution in [0.5, 0.6) is 0 Å². The summed E-state index contributed by atoms with van der Waals surface area (Å²) >= 11 is 1.64. The zero-order chi connectivity index (χ0) is 5.70. The molecule has 3 heteroatoms. The predicted molar refractivity (Wildman–Crippen MR) is 22.2 cm³/mol. The van der Waals surface area contributed by atoms with Crippen molar-refractivity contribution in [3.8, 4) is 0 Å². The third-order valence-corrected chi connectivity index (χ3v) is 1.14. The third-order valence-electron chi connectivity index (χ3n) is 0.728. The fourth-order valence-corrected chi connectivity index (χ4v) is 0.709. The molecule has 0 fully saturated rings. The Morgan fingerprint density at radius 1 is 1.71 bits per heavy atom. The van der Waals surface area contributed by atoms with Crippen LogP contribution in [0.15, 0.2) is 0 Å². The molecule has 0 bridgehead atoms.